The maximum Gasteiger partial charge on any atom is 0.0726 e. The van der Waals surface area contributed by atoms with Gasteiger partial charge in [0.1, 0.15) is 0 Å². The number of para-hydroxylation sites is 2. The summed E-state index contributed by atoms with van der Waals surface area (Å²) in [7, 11) is 0. The molecule has 24 heavy (non-hydrogen) atoms. The Labute approximate surface area is 140 Å². The van der Waals surface area contributed by atoms with E-state index < -0.39 is 0 Å². The van der Waals surface area contributed by atoms with E-state index in [4.69, 9.17) is 4.98 Å². The maximum atomic E-state index is 4.85. The summed E-state index contributed by atoms with van der Waals surface area (Å²) in [4.78, 5) is 9.43. The molecule has 1 aliphatic rings. The van der Waals surface area contributed by atoms with E-state index in [1.54, 1.807) is 0 Å². The van der Waals surface area contributed by atoms with Gasteiger partial charge in [0, 0.05) is 16.5 Å². The number of nitrogens with one attached hydrogen (secondary N) is 1. The van der Waals surface area contributed by atoms with Crippen molar-refractivity contribution in [3.63, 3.8) is 0 Å². The third-order valence-electron chi connectivity index (χ3n) is 4.78. The number of fused-ring (bicyclic) bond motifs is 3. The first-order valence-electron chi connectivity index (χ1n) is 8.41. The molecular formula is C21H17N3. The second-order valence-corrected chi connectivity index (χ2v) is 6.32. The quantitative estimate of drug-likeness (QED) is 0.565. The largest absolute Gasteiger partial charge is 0.353 e. The lowest BCUT2D eigenvalue weighted by atomic mass is 10.1. The van der Waals surface area contributed by atoms with Crippen molar-refractivity contribution in [3.05, 3.63) is 72.1 Å². The van der Waals surface area contributed by atoms with Crippen LogP contribution in [0, 0.1) is 0 Å². The van der Waals surface area contributed by atoms with Crippen LogP contribution in [0.5, 0.6) is 0 Å². The number of rotatable bonds is 2. The summed E-state index contributed by atoms with van der Waals surface area (Å²) < 4.78 is 0. The van der Waals surface area contributed by atoms with Gasteiger partial charge < -0.3 is 5.32 Å². The summed E-state index contributed by atoms with van der Waals surface area (Å²) in [6, 6.07) is 18.8. The number of hydrogen-bond donors (Lipinski definition) is 1. The van der Waals surface area contributed by atoms with E-state index in [1.165, 1.54) is 28.8 Å². The van der Waals surface area contributed by atoms with E-state index in [0.29, 0.717) is 0 Å². The third-order valence-corrected chi connectivity index (χ3v) is 4.78. The summed E-state index contributed by atoms with van der Waals surface area (Å²) in [5.41, 5.74) is 6.92. The van der Waals surface area contributed by atoms with E-state index in [1.807, 2.05) is 24.4 Å². The van der Waals surface area contributed by atoms with E-state index >= 15 is 0 Å². The molecule has 0 bridgehead atoms. The highest BCUT2D eigenvalue weighted by Crippen LogP contribution is 2.36. The molecule has 2 aromatic heterocycles. The van der Waals surface area contributed by atoms with Gasteiger partial charge in [0.15, 0.2) is 0 Å². The Balaban J connectivity index is 1.68. The molecule has 2 aromatic carbocycles. The Morgan fingerprint density at radius 1 is 0.875 bits per heavy atom. The number of nitrogens with zero attached hydrogens (tertiary/aromatic N) is 2. The van der Waals surface area contributed by atoms with Gasteiger partial charge in [-0.3, -0.25) is 9.97 Å². The Hall–Kier alpha value is -2.94. The highest BCUT2D eigenvalue weighted by molar-refractivity contribution is 5.96. The molecule has 1 N–H and O–H groups in total. The average molecular weight is 311 g/mol. The molecule has 3 nitrogen and oxygen atoms in total. The number of pyridine rings is 2. The summed E-state index contributed by atoms with van der Waals surface area (Å²) in [6.07, 6.45) is 5.27. The minimum absolute atomic E-state index is 1.02. The van der Waals surface area contributed by atoms with Crippen LogP contribution in [0.1, 0.15) is 17.7 Å². The lowest BCUT2D eigenvalue weighted by molar-refractivity contribution is 0.901. The zero-order valence-electron chi connectivity index (χ0n) is 13.3. The van der Waals surface area contributed by atoms with Gasteiger partial charge in [-0.05, 0) is 43.0 Å². The number of hydrogen-bond acceptors (Lipinski definition) is 3. The van der Waals surface area contributed by atoms with Crippen molar-refractivity contribution >= 4 is 33.2 Å². The molecule has 0 unspecified atom stereocenters. The van der Waals surface area contributed by atoms with Crippen LogP contribution in [0.15, 0.2) is 60.8 Å². The first-order chi connectivity index (χ1) is 11.9. The van der Waals surface area contributed by atoms with Gasteiger partial charge in [0.25, 0.3) is 0 Å². The molecule has 0 aliphatic heterocycles. The maximum absolute atomic E-state index is 4.85. The molecule has 116 valence electrons. The standard InChI is InChI=1S/C21H17N3/c1-3-9-18-14(6-1)12-15(13-22-18)23-21-16-7-2-4-10-19(16)24-20-11-5-8-17(20)21/h1-4,6-7,9-10,12-13H,5,8,11H2,(H,23,24). The predicted molar refractivity (Wildman–Crippen MR) is 98.8 cm³/mol. The molecule has 1 aliphatic carbocycles. The van der Waals surface area contributed by atoms with Crippen LogP contribution in [-0.4, -0.2) is 9.97 Å². The molecule has 0 radical (unpaired) electrons. The second-order valence-electron chi connectivity index (χ2n) is 6.32. The molecular weight excluding hydrogens is 294 g/mol. The van der Waals surface area contributed by atoms with Gasteiger partial charge in [0.2, 0.25) is 0 Å². The minimum atomic E-state index is 1.02. The molecule has 2 heterocycles. The Kier molecular flexibility index (Phi) is 2.98. The fraction of sp³-hybridized carbons (Fsp3) is 0.143. The summed E-state index contributed by atoms with van der Waals surface area (Å²) >= 11 is 0. The highest BCUT2D eigenvalue weighted by Gasteiger charge is 2.19. The first-order valence-corrected chi connectivity index (χ1v) is 8.41. The van der Waals surface area contributed by atoms with Crippen LogP contribution in [0.25, 0.3) is 21.8 Å². The van der Waals surface area contributed by atoms with Crippen LogP contribution >= 0.6 is 0 Å². The summed E-state index contributed by atoms with van der Waals surface area (Å²) in [5, 5.41) is 5.97. The Morgan fingerprint density at radius 3 is 2.67 bits per heavy atom. The molecule has 0 amide bonds. The van der Waals surface area contributed by atoms with Gasteiger partial charge in [0.05, 0.1) is 28.6 Å². The van der Waals surface area contributed by atoms with Crippen LogP contribution in [0.4, 0.5) is 11.4 Å². The molecule has 0 atom stereocenters. The fourth-order valence-electron chi connectivity index (χ4n) is 3.64. The molecule has 0 saturated carbocycles. The SMILES string of the molecule is c1ccc2ncc(Nc3c4c(nc5ccccc35)CCC4)cc2c1. The van der Waals surface area contributed by atoms with Crippen LogP contribution in [0.3, 0.4) is 0 Å². The van der Waals surface area contributed by atoms with Crippen molar-refractivity contribution in [2.75, 3.05) is 5.32 Å². The minimum Gasteiger partial charge on any atom is -0.353 e. The number of aromatic nitrogens is 2. The van der Waals surface area contributed by atoms with E-state index in [-0.39, 0.29) is 0 Å². The molecule has 0 fully saturated rings. The average Bonchev–Trinajstić information content (AvgIpc) is 3.10. The topological polar surface area (TPSA) is 37.8 Å². The van der Waals surface area contributed by atoms with Gasteiger partial charge in [-0.1, -0.05) is 36.4 Å². The fourth-order valence-corrected chi connectivity index (χ4v) is 3.64. The smallest absolute Gasteiger partial charge is 0.0726 e. The van der Waals surface area contributed by atoms with Crippen molar-refractivity contribution in [1.82, 2.24) is 9.97 Å². The number of anilines is 2. The number of benzene rings is 2. The monoisotopic (exact) mass is 311 g/mol. The van der Waals surface area contributed by atoms with Crippen molar-refractivity contribution < 1.29 is 0 Å². The van der Waals surface area contributed by atoms with Gasteiger partial charge in [-0.15, -0.1) is 0 Å². The second kappa shape index (κ2) is 5.31. The molecule has 0 spiro atoms. The van der Waals surface area contributed by atoms with Crippen LogP contribution in [-0.2, 0) is 12.8 Å². The zero-order chi connectivity index (χ0) is 15.9. The lowest BCUT2D eigenvalue weighted by Crippen LogP contribution is -2.00. The summed E-state index contributed by atoms with van der Waals surface area (Å²) in [5.74, 6) is 0. The third kappa shape index (κ3) is 2.13. The van der Waals surface area contributed by atoms with E-state index in [9.17, 15) is 0 Å². The molecule has 4 aromatic rings. The van der Waals surface area contributed by atoms with Gasteiger partial charge >= 0.3 is 0 Å². The van der Waals surface area contributed by atoms with Gasteiger partial charge in [-0.2, -0.15) is 0 Å². The van der Waals surface area contributed by atoms with E-state index in [0.717, 1.165) is 34.9 Å². The Bertz CT molecular complexity index is 1070. The predicted octanol–water partition coefficient (Wildman–Crippen LogP) is 5.02. The lowest BCUT2D eigenvalue weighted by Gasteiger charge is -2.15. The van der Waals surface area contributed by atoms with E-state index in [2.05, 4.69) is 46.7 Å². The van der Waals surface area contributed by atoms with Crippen LogP contribution in [0.2, 0.25) is 0 Å². The van der Waals surface area contributed by atoms with Crippen molar-refractivity contribution in [3.8, 4) is 0 Å². The molecule has 0 saturated heterocycles. The van der Waals surface area contributed by atoms with Crippen molar-refractivity contribution in [2.45, 2.75) is 19.3 Å². The zero-order valence-corrected chi connectivity index (χ0v) is 13.3. The number of aryl methyl sites for hydroxylation is 1. The van der Waals surface area contributed by atoms with Crippen molar-refractivity contribution in [1.29, 1.82) is 0 Å². The van der Waals surface area contributed by atoms with Gasteiger partial charge in [-0.25, -0.2) is 0 Å². The van der Waals surface area contributed by atoms with Crippen LogP contribution < -0.4 is 5.32 Å². The molecule has 3 heteroatoms. The molecule has 5 rings (SSSR count). The summed E-state index contributed by atoms with van der Waals surface area (Å²) in [6.45, 7) is 0. The normalized spacial score (nSPS) is 13.3. The highest BCUT2D eigenvalue weighted by atomic mass is 14.9. The Morgan fingerprint density at radius 2 is 1.71 bits per heavy atom. The van der Waals surface area contributed by atoms with Crippen molar-refractivity contribution in [2.24, 2.45) is 0 Å². The first kappa shape index (κ1) is 13.5.